The van der Waals surface area contributed by atoms with Gasteiger partial charge in [0.15, 0.2) is 11.0 Å². The second kappa shape index (κ2) is 9.96. The number of alkyl halides is 3. The molecular formula is C23H24F3N5OS. The second-order valence-corrected chi connectivity index (χ2v) is 9.19. The van der Waals surface area contributed by atoms with Crippen molar-refractivity contribution in [3.05, 3.63) is 66.0 Å². The Morgan fingerprint density at radius 2 is 1.73 bits per heavy atom. The second-order valence-electron chi connectivity index (χ2n) is 7.88. The van der Waals surface area contributed by atoms with Crippen LogP contribution in [0.3, 0.4) is 0 Å². The Labute approximate surface area is 194 Å². The minimum absolute atomic E-state index is 0.305. The van der Waals surface area contributed by atoms with E-state index >= 15 is 0 Å². The first kappa shape index (κ1) is 23.3. The molecule has 174 valence electrons. The van der Waals surface area contributed by atoms with E-state index in [0.29, 0.717) is 17.4 Å². The minimum Gasteiger partial charge on any atom is -0.325 e. The van der Waals surface area contributed by atoms with Crippen LogP contribution in [-0.2, 0) is 17.5 Å². The molecule has 1 N–H and O–H groups in total. The molecule has 6 nitrogen and oxygen atoms in total. The fourth-order valence-corrected chi connectivity index (χ4v) is 4.54. The van der Waals surface area contributed by atoms with Crippen LogP contribution >= 0.6 is 11.8 Å². The predicted octanol–water partition coefficient (Wildman–Crippen LogP) is 5.00. The lowest BCUT2D eigenvalue weighted by Gasteiger charge is -2.17. The first-order valence-electron chi connectivity index (χ1n) is 10.7. The van der Waals surface area contributed by atoms with Crippen LogP contribution in [0.1, 0.15) is 31.2 Å². The van der Waals surface area contributed by atoms with Gasteiger partial charge < -0.3 is 5.32 Å². The third kappa shape index (κ3) is 5.75. The van der Waals surface area contributed by atoms with Crippen molar-refractivity contribution in [2.45, 2.75) is 42.9 Å². The van der Waals surface area contributed by atoms with E-state index in [9.17, 15) is 18.0 Å². The third-order valence-electron chi connectivity index (χ3n) is 5.41. The van der Waals surface area contributed by atoms with Crippen LogP contribution in [0, 0.1) is 0 Å². The van der Waals surface area contributed by atoms with E-state index in [0.717, 1.165) is 36.7 Å². The summed E-state index contributed by atoms with van der Waals surface area (Å²) in [5.41, 5.74) is 0.457. The van der Waals surface area contributed by atoms with E-state index in [1.807, 2.05) is 34.9 Å². The molecule has 0 unspecified atom stereocenters. The van der Waals surface area contributed by atoms with Gasteiger partial charge in [-0.25, -0.2) is 0 Å². The number of amides is 1. The van der Waals surface area contributed by atoms with Crippen molar-refractivity contribution in [1.29, 1.82) is 0 Å². The molecule has 0 saturated carbocycles. The standard InChI is InChI=1S/C23H24F3N5OS/c1-16(21(32)27-18-11-9-17(10-12-18)23(24,25)26)33-22-29-28-20(15-30-13-5-6-14-30)31(22)19-7-3-2-4-8-19/h2-4,7-12,16H,5-6,13-15H2,1H3,(H,27,32)/t16-/m0/s1. The number of halogens is 3. The van der Waals surface area contributed by atoms with Gasteiger partial charge in [0.05, 0.1) is 17.4 Å². The molecule has 0 bridgehead atoms. The molecular weight excluding hydrogens is 451 g/mol. The molecule has 2 aromatic carbocycles. The molecule has 0 spiro atoms. The van der Waals surface area contributed by atoms with Crippen LogP contribution in [0.4, 0.5) is 18.9 Å². The molecule has 1 aliphatic heterocycles. The predicted molar refractivity (Wildman–Crippen MR) is 121 cm³/mol. The van der Waals surface area contributed by atoms with E-state index in [-0.39, 0.29) is 5.91 Å². The number of thioether (sulfide) groups is 1. The van der Waals surface area contributed by atoms with Gasteiger partial charge in [-0.3, -0.25) is 14.3 Å². The maximum Gasteiger partial charge on any atom is 0.416 e. The molecule has 0 radical (unpaired) electrons. The van der Waals surface area contributed by atoms with Crippen molar-refractivity contribution in [3.8, 4) is 5.69 Å². The van der Waals surface area contributed by atoms with Crippen molar-refractivity contribution in [2.24, 2.45) is 0 Å². The van der Waals surface area contributed by atoms with Crippen LogP contribution < -0.4 is 5.32 Å². The summed E-state index contributed by atoms with van der Waals surface area (Å²) in [5.74, 6) is 0.476. The molecule has 2 heterocycles. The minimum atomic E-state index is -4.42. The van der Waals surface area contributed by atoms with E-state index in [1.165, 1.54) is 36.7 Å². The average molecular weight is 476 g/mol. The van der Waals surface area contributed by atoms with E-state index < -0.39 is 17.0 Å². The number of aromatic nitrogens is 3. The lowest BCUT2D eigenvalue weighted by molar-refractivity contribution is -0.137. The largest absolute Gasteiger partial charge is 0.416 e. The topological polar surface area (TPSA) is 63.1 Å². The molecule has 4 rings (SSSR count). The van der Waals surface area contributed by atoms with Gasteiger partial charge in [0.1, 0.15) is 0 Å². The average Bonchev–Trinajstić information content (AvgIpc) is 3.44. The Balaban J connectivity index is 1.49. The van der Waals surface area contributed by atoms with Crippen LogP contribution in [0.2, 0.25) is 0 Å². The van der Waals surface area contributed by atoms with Crippen LogP contribution in [0.15, 0.2) is 59.8 Å². The van der Waals surface area contributed by atoms with Gasteiger partial charge in [-0.2, -0.15) is 13.2 Å². The molecule has 1 aliphatic rings. The summed E-state index contributed by atoms with van der Waals surface area (Å²) in [7, 11) is 0. The number of carbonyl (C=O) groups excluding carboxylic acids is 1. The van der Waals surface area contributed by atoms with Gasteiger partial charge >= 0.3 is 6.18 Å². The SMILES string of the molecule is C[C@H](Sc1nnc(CN2CCCC2)n1-c1ccccc1)C(=O)Nc1ccc(C(F)(F)F)cc1. The van der Waals surface area contributed by atoms with Gasteiger partial charge in [-0.05, 0) is 69.3 Å². The van der Waals surface area contributed by atoms with Gasteiger partial charge in [0.25, 0.3) is 0 Å². The number of nitrogens with zero attached hydrogens (tertiary/aromatic N) is 4. The van der Waals surface area contributed by atoms with E-state index in [1.54, 1.807) is 6.92 Å². The van der Waals surface area contributed by atoms with Gasteiger partial charge in [0.2, 0.25) is 5.91 Å². The number of hydrogen-bond donors (Lipinski definition) is 1. The van der Waals surface area contributed by atoms with Crippen molar-refractivity contribution in [3.63, 3.8) is 0 Å². The molecule has 1 aromatic heterocycles. The highest BCUT2D eigenvalue weighted by Crippen LogP contribution is 2.31. The summed E-state index contributed by atoms with van der Waals surface area (Å²) in [4.78, 5) is 15.0. The molecule has 10 heteroatoms. The number of rotatable bonds is 7. The Hall–Kier alpha value is -2.85. The fourth-order valence-electron chi connectivity index (χ4n) is 3.65. The summed E-state index contributed by atoms with van der Waals surface area (Å²) in [6, 6.07) is 14.1. The Kier molecular flexibility index (Phi) is 7.04. The van der Waals surface area contributed by atoms with Gasteiger partial charge in [-0.1, -0.05) is 30.0 Å². The highest BCUT2D eigenvalue weighted by Gasteiger charge is 2.30. The van der Waals surface area contributed by atoms with Crippen molar-refractivity contribution < 1.29 is 18.0 Å². The van der Waals surface area contributed by atoms with Crippen LogP contribution in [-0.4, -0.2) is 43.9 Å². The summed E-state index contributed by atoms with van der Waals surface area (Å²) in [6.07, 6.45) is -2.08. The zero-order valence-electron chi connectivity index (χ0n) is 18.0. The van der Waals surface area contributed by atoms with Crippen molar-refractivity contribution >= 4 is 23.4 Å². The van der Waals surface area contributed by atoms with Crippen molar-refractivity contribution in [1.82, 2.24) is 19.7 Å². The Bertz CT molecular complexity index is 1080. The maximum absolute atomic E-state index is 12.8. The number of para-hydroxylation sites is 1. The summed E-state index contributed by atoms with van der Waals surface area (Å²) in [5, 5.41) is 11.5. The summed E-state index contributed by atoms with van der Waals surface area (Å²) in [6.45, 7) is 4.45. The first-order chi connectivity index (χ1) is 15.8. The van der Waals surface area contributed by atoms with E-state index in [4.69, 9.17) is 0 Å². The van der Waals surface area contributed by atoms with E-state index in [2.05, 4.69) is 20.4 Å². The van der Waals surface area contributed by atoms with Crippen LogP contribution in [0.5, 0.6) is 0 Å². The smallest absolute Gasteiger partial charge is 0.325 e. The lowest BCUT2D eigenvalue weighted by atomic mass is 10.2. The Morgan fingerprint density at radius 3 is 2.36 bits per heavy atom. The van der Waals surface area contributed by atoms with Gasteiger partial charge in [0, 0.05) is 11.4 Å². The lowest BCUT2D eigenvalue weighted by Crippen LogP contribution is -2.23. The summed E-state index contributed by atoms with van der Waals surface area (Å²) >= 11 is 1.26. The highest BCUT2D eigenvalue weighted by atomic mass is 32.2. The van der Waals surface area contributed by atoms with Crippen molar-refractivity contribution in [2.75, 3.05) is 18.4 Å². The normalized spacial score (nSPS) is 15.5. The number of benzene rings is 2. The zero-order chi connectivity index (χ0) is 23.4. The summed E-state index contributed by atoms with van der Waals surface area (Å²) < 4.78 is 40.2. The monoisotopic (exact) mass is 475 g/mol. The molecule has 1 fully saturated rings. The third-order valence-corrected chi connectivity index (χ3v) is 6.45. The zero-order valence-corrected chi connectivity index (χ0v) is 18.9. The molecule has 1 saturated heterocycles. The fraction of sp³-hybridized carbons (Fsp3) is 0.348. The molecule has 1 amide bonds. The molecule has 33 heavy (non-hydrogen) atoms. The molecule has 1 atom stereocenters. The van der Waals surface area contributed by atoms with Crippen LogP contribution in [0.25, 0.3) is 5.69 Å². The number of hydrogen-bond acceptors (Lipinski definition) is 5. The quantitative estimate of drug-likeness (QED) is 0.487. The van der Waals surface area contributed by atoms with Gasteiger partial charge in [-0.15, -0.1) is 10.2 Å². The Morgan fingerprint density at radius 1 is 1.06 bits per heavy atom. The number of nitrogens with one attached hydrogen (secondary N) is 1. The number of carbonyl (C=O) groups is 1. The molecule has 0 aliphatic carbocycles. The molecule has 3 aromatic rings. The number of anilines is 1. The highest BCUT2D eigenvalue weighted by molar-refractivity contribution is 8.00. The number of likely N-dealkylation sites (tertiary alicyclic amines) is 1. The first-order valence-corrected chi connectivity index (χ1v) is 11.6. The maximum atomic E-state index is 12.8.